The van der Waals surface area contributed by atoms with Crippen molar-refractivity contribution in [2.45, 2.75) is 26.6 Å². The van der Waals surface area contributed by atoms with Crippen molar-refractivity contribution in [3.8, 4) is 17.2 Å². The minimum atomic E-state index is 0. The van der Waals surface area contributed by atoms with Crippen LogP contribution in [0.3, 0.4) is 0 Å². The van der Waals surface area contributed by atoms with E-state index in [-0.39, 0.29) is 12.4 Å². The first-order valence-electron chi connectivity index (χ1n) is 9.37. The number of halogens is 1. The molecule has 0 aliphatic rings. The normalized spacial score (nSPS) is 10.2. The number of nitrogens with one attached hydrogen (secondary N) is 1. The molecule has 0 radical (unpaired) electrons. The molecule has 0 saturated carbocycles. The maximum absolute atomic E-state index is 5.95. The van der Waals surface area contributed by atoms with E-state index in [2.05, 4.69) is 54.7 Å². The van der Waals surface area contributed by atoms with Crippen molar-refractivity contribution in [3.63, 3.8) is 0 Å². The third kappa shape index (κ3) is 6.70. The summed E-state index contributed by atoms with van der Waals surface area (Å²) in [6.45, 7) is 4.14. The molecule has 0 aliphatic carbocycles. The number of hydrogen-bond acceptors (Lipinski definition) is 4. The molecule has 5 heteroatoms. The van der Waals surface area contributed by atoms with Crippen LogP contribution >= 0.6 is 12.4 Å². The summed E-state index contributed by atoms with van der Waals surface area (Å²) in [5.41, 5.74) is 4.74. The highest BCUT2D eigenvalue weighted by Gasteiger charge is 2.06. The van der Waals surface area contributed by atoms with Gasteiger partial charge in [0, 0.05) is 13.1 Å². The van der Waals surface area contributed by atoms with Gasteiger partial charge in [-0.15, -0.1) is 12.4 Å². The molecule has 0 bridgehead atoms. The van der Waals surface area contributed by atoms with E-state index >= 15 is 0 Å². The van der Waals surface area contributed by atoms with Gasteiger partial charge in [-0.1, -0.05) is 48.0 Å². The van der Waals surface area contributed by atoms with Gasteiger partial charge in [0.25, 0.3) is 0 Å². The molecule has 0 amide bonds. The molecule has 154 valence electrons. The molecule has 0 spiro atoms. The summed E-state index contributed by atoms with van der Waals surface area (Å²) in [5.74, 6) is 2.37. The molecule has 1 N–H and O–H groups in total. The number of hydrogen-bond donors (Lipinski definition) is 1. The lowest BCUT2D eigenvalue weighted by Crippen LogP contribution is -2.12. The highest BCUT2D eigenvalue weighted by atomic mass is 35.5. The zero-order chi connectivity index (χ0) is 19.8. The van der Waals surface area contributed by atoms with Crippen LogP contribution in [0.2, 0.25) is 0 Å². The first kappa shape index (κ1) is 22.6. The molecule has 4 nitrogen and oxygen atoms in total. The van der Waals surface area contributed by atoms with Crippen LogP contribution in [0, 0.1) is 6.92 Å². The maximum atomic E-state index is 5.95. The van der Waals surface area contributed by atoms with Gasteiger partial charge in [-0.3, -0.25) is 0 Å². The van der Waals surface area contributed by atoms with Gasteiger partial charge >= 0.3 is 0 Å². The van der Waals surface area contributed by atoms with E-state index in [1.165, 1.54) is 11.1 Å². The second kappa shape index (κ2) is 11.3. The Kier molecular flexibility index (Phi) is 8.84. The minimum absolute atomic E-state index is 0. The van der Waals surface area contributed by atoms with Crippen molar-refractivity contribution in [2.24, 2.45) is 0 Å². The predicted molar refractivity (Wildman–Crippen MR) is 119 cm³/mol. The van der Waals surface area contributed by atoms with E-state index in [1.807, 2.05) is 24.3 Å². The van der Waals surface area contributed by atoms with Crippen molar-refractivity contribution in [3.05, 3.63) is 89.0 Å². The number of ether oxygens (including phenoxy) is 3. The summed E-state index contributed by atoms with van der Waals surface area (Å²) in [4.78, 5) is 0. The van der Waals surface area contributed by atoms with Crippen LogP contribution in [-0.4, -0.2) is 14.2 Å². The van der Waals surface area contributed by atoms with Crippen molar-refractivity contribution in [1.29, 1.82) is 0 Å². The summed E-state index contributed by atoms with van der Waals surface area (Å²) in [7, 11) is 3.34. The highest BCUT2D eigenvalue weighted by molar-refractivity contribution is 5.85. The van der Waals surface area contributed by atoms with E-state index in [1.54, 1.807) is 14.2 Å². The zero-order valence-electron chi connectivity index (χ0n) is 17.1. The fourth-order valence-electron chi connectivity index (χ4n) is 2.88. The molecular weight excluding hydrogens is 386 g/mol. The lowest BCUT2D eigenvalue weighted by molar-refractivity contribution is 0.284. The first-order valence-corrected chi connectivity index (χ1v) is 9.37. The monoisotopic (exact) mass is 413 g/mol. The van der Waals surface area contributed by atoms with Gasteiger partial charge in [-0.2, -0.15) is 0 Å². The summed E-state index contributed by atoms with van der Waals surface area (Å²) in [6.07, 6.45) is 0. The van der Waals surface area contributed by atoms with Crippen molar-refractivity contribution in [2.75, 3.05) is 14.2 Å². The Labute approximate surface area is 179 Å². The first-order chi connectivity index (χ1) is 13.7. The van der Waals surface area contributed by atoms with Crippen LogP contribution in [0.1, 0.15) is 22.3 Å². The Balaban J connectivity index is 0.00000300. The molecule has 0 saturated heterocycles. The van der Waals surface area contributed by atoms with Gasteiger partial charge in [0.05, 0.1) is 14.2 Å². The summed E-state index contributed by atoms with van der Waals surface area (Å²) < 4.78 is 16.7. The maximum Gasteiger partial charge on any atom is 0.161 e. The van der Waals surface area contributed by atoms with Gasteiger partial charge in [0.2, 0.25) is 0 Å². The van der Waals surface area contributed by atoms with Gasteiger partial charge in [-0.25, -0.2) is 0 Å². The van der Waals surface area contributed by atoms with Crippen molar-refractivity contribution >= 4 is 12.4 Å². The Hall–Kier alpha value is -2.69. The van der Waals surface area contributed by atoms with E-state index in [0.29, 0.717) is 6.61 Å². The van der Waals surface area contributed by atoms with Gasteiger partial charge in [-0.05, 0) is 47.9 Å². The Bertz CT molecular complexity index is 880. The molecule has 0 aliphatic heterocycles. The highest BCUT2D eigenvalue weighted by Crippen LogP contribution is 2.29. The fourth-order valence-corrected chi connectivity index (χ4v) is 2.88. The smallest absolute Gasteiger partial charge is 0.161 e. The van der Waals surface area contributed by atoms with E-state index in [0.717, 1.165) is 41.5 Å². The van der Waals surface area contributed by atoms with Gasteiger partial charge < -0.3 is 19.5 Å². The molecule has 0 aromatic heterocycles. The second-order valence-corrected chi connectivity index (χ2v) is 6.71. The molecule has 0 fully saturated rings. The standard InChI is InChI=1S/C24H27NO3.ClH/c1-18-4-6-20(7-5-18)17-28-23-13-10-21(14-24(23)27-3)16-25-15-19-8-11-22(26-2)12-9-19;/h4-14,25H,15-17H2,1-3H3;1H. The molecule has 0 heterocycles. The van der Waals surface area contributed by atoms with E-state index in [4.69, 9.17) is 14.2 Å². The van der Waals surface area contributed by atoms with Crippen LogP contribution < -0.4 is 19.5 Å². The Morgan fingerprint density at radius 3 is 1.97 bits per heavy atom. The lowest BCUT2D eigenvalue weighted by Gasteiger charge is -2.13. The number of aryl methyl sites for hydroxylation is 1. The number of methoxy groups -OCH3 is 2. The average molecular weight is 414 g/mol. The lowest BCUT2D eigenvalue weighted by atomic mass is 10.1. The molecule has 0 atom stereocenters. The summed E-state index contributed by atoms with van der Waals surface area (Å²) in [5, 5.41) is 3.45. The quantitative estimate of drug-likeness (QED) is 0.516. The fraction of sp³-hybridized carbons (Fsp3) is 0.250. The SMILES string of the molecule is COc1ccc(CNCc2ccc(OCc3ccc(C)cc3)c(OC)c2)cc1.Cl. The van der Waals surface area contributed by atoms with E-state index in [9.17, 15) is 0 Å². The molecule has 3 rings (SSSR count). The molecular formula is C24H28ClNO3. The van der Waals surface area contributed by atoms with Crippen LogP contribution in [-0.2, 0) is 19.7 Å². The largest absolute Gasteiger partial charge is 0.497 e. The summed E-state index contributed by atoms with van der Waals surface area (Å²) >= 11 is 0. The minimum Gasteiger partial charge on any atom is -0.497 e. The van der Waals surface area contributed by atoms with Gasteiger partial charge in [0.1, 0.15) is 12.4 Å². The average Bonchev–Trinajstić information content (AvgIpc) is 2.74. The van der Waals surface area contributed by atoms with E-state index < -0.39 is 0 Å². The zero-order valence-corrected chi connectivity index (χ0v) is 17.9. The summed E-state index contributed by atoms with van der Waals surface area (Å²) in [6, 6.07) is 22.5. The van der Waals surface area contributed by atoms with Crippen LogP contribution in [0.4, 0.5) is 0 Å². The second-order valence-electron chi connectivity index (χ2n) is 6.71. The Morgan fingerprint density at radius 2 is 1.31 bits per heavy atom. The number of rotatable bonds is 9. The van der Waals surface area contributed by atoms with Gasteiger partial charge in [0.15, 0.2) is 11.5 Å². The number of benzene rings is 3. The van der Waals surface area contributed by atoms with Crippen LogP contribution in [0.25, 0.3) is 0 Å². The Morgan fingerprint density at radius 1 is 0.690 bits per heavy atom. The molecule has 0 unspecified atom stereocenters. The molecule has 3 aromatic carbocycles. The van der Waals surface area contributed by atoms with Crippen molar-refractivity contribution < 1.29 is 14.2 Å². The molecule has 29 heavy (non-hydrogen) atoms. The third-order valence-corrected chi connectivity index (χ3v) is 4.56. The van der Waals surface area contributed by atoms with Crippen molar-refractivity contribution in [1.82, 2.24) is 5.32 Å². The van der Waals surface area contributed by atoms with Crippen LogP contribution in [0.15, 0.2) is 66.7 Å². The molecule has 3 aromatic rings. The third-order valence-electron chi connectivity index (χ3n) is 4.56. The topological polar surface area (TPSA) is 39.7 Å². The predicted octanol–water partition coefficient (Wildman–Crippen LogP) is 5.30. The van der Waals surface area contributed by atoms with Crippen LogP contribution in [0.5, 0.6) is 17.2 Å².